The van der Waals surface area contributed by atoms with Gasteiger partial charge in [0.15, 0.2) is 0 Å². The highest BCUT2D eigenvalue weighted by atomic mass is 16.3. The van der Waals surface area contributed by atoms with Crippen molar-refractivity contribution in [3.05, 3.63) is 60.1 Å². The fourth-order valence-electron chi connectivity index (χ4n) is 4.10. The zero-order valence-corrected chi connectivity index (χ0v) is 17.0. The van der Waals surface area contributed by atoms with E-state index in [4.69, 9.17) is 4.42 Å². The molecule has 5 heteroatoms. The average molecular weight is 383 g/mol. The molecule has 1 aromatic heterocycles. The summed E-state index contributed by atoms with van der Waals surface area (Å²) in [6.45, 7) is 7.70. The molecular weight excluding hydrogens is 352 g/mol. The van der Waals surface area contributed by atoms with Crippen molar-refractivity contribution in [2.24, 2.45) is 5.92 Å². The first-order chi connectivity index (χ1) is 13.4. The van der Waals surface area contributed by atoms with Gasteiger partial charge in [0.2, 0.25) is 5.91 Å². The second kappa shape index (κ2) is 8.63. The molecule has 0 saturated carbocycles. The molecule has 1 atom stereocenters. The van der Waals surface area contributed by atoms with Crippen LogP contribution in [0.5, 0.6) is 0 Å². The maximum Gasteiger partial charge on any atom is 0.257 e. The molecule has 1 saturated heterocycles. The van der Waals surface area contributed by atoms with Gasteiger partial charge >= 0.3 is 0 Å². The summed E-state index contributed by atoms with van der Waals surface area (Å²) in [4.78, 5) is 26.9. The molecule has 2 amide bonds. The number of carbonyl (C=O) groups is 2. The van der Waals surface area contributed by atoms with Crippen LogP contribution in [0.2, 0.25) is 0 Å². The Balaban J connectivity index is 1.48. The van der Waals surface area contributed by atoms with Crippen molar-refractivity contribution in [3.63, 3.8) is 0 Å². The van der Waals surface area contributed by atoms with Crippen LogP contribution in [-0.2, 0) is 10.2 Å². The first kappa shape index (κ1) is 20.2. The van der Waals surface area contributed by atoms with Gasteiger partial charge in [0.25, 0.3) is 5.91 Å². The number of benzene rings is 1. The number of likely N-dealkylation sites (tertiary alicyclic amines) is 1. The molecule has 1 aromatic carbocycles. The number of carbonyl (C=O) groups excluding carboxylic acids is 2. The number of piperidine rings is 1. The molecule has 0 aliphatic carbocycles. The van der Waals surface area contributed by atoms with E-state index in [-0.39, 0.29) is 29.2 Å². The molecule has 3 rings (SSSR count). The molecule has 150 valence electrons. The first-order valence-corrected chi connectivity index (χ1v) is 10.0. The molecular formula is C23H30N2O3. The Morgan fingerprint density at radius 3 is 2.46 bits per heavy atom. The summed E-state index contributed by atoms with van der Waals surface area (Å²) in [6.07, 6.45) is 5.25. The lowest BCUT2D eigenvalue weighted by Gasteiger charge is -2.33. The summed E-state index contributed by atoms with van der Waals surface area (Å²) < 4.78 is 4.99. The topological polar surface area (TPSA) is 62.6 Å². The Labute approximate surface area is 167 Å². The van der Waals surface area contributed by atoms with Crippen LogP contribution in [0, 0.1) is 5.92 Å². The Hall–Kier alpha value is -2.56. The number of nitrogens with zero attached hydrogens (tertiary/aromatic N) is 1. The van der Waals surface area contributed by atoms with Crippen LogP contribution in [0.3, 0.4) is 0 Å². The Bertz CT molecular complexity index is 775. The van der Waals surface area contributed by atoms with Gasteiger partial charge in [-0.25, -0.2) is 0 Å². The molecule has 5 nitrogen and oxygen atoms in total. The summed E-state index contributed by atoms with van der Waals surface area (Å²) in [5, 5.41) is 3.19. The number of amides is 2. The van der Waals surface area contributed by atoms with Crippen LogP contribution >= 0.6 is 0 Å². The fourth-order valence-corrected chi connectivity index (χ4v) is 4.10. The minimum Gasteiger partial charge on any atom is -0.472 e. The zero-order chi connectivity index (χ0) is 20.1. The molecule has 1 aliphatic heterocycles. The molecule has 1 aliphatic rings. The van der Waals surface area contributed by atoms with Gasteiger partial charge in [-0.05, 0) is 43.2 Å². The molecule has 28 heavy (non-hydrogen) atoms. The molecule has 2 heterocycles. The Morgan fingerprint density at radius 1 is 1.18 bits per heavy atom. The van der Waals surface area contributed by atoms with Crippen molar-refractivity contribution >= 4 is 11.8 Å². The second-order valence-electron chi connectivity index (χ2n) is 8.44. The molecule has 1 unspecified atom stereocenters. The van der Waals surface area contributed by atoms with Crippen LogP contribution in [0.25, 0.3) is 0 Å². The summed E-state index contributed by atoms with van der Waals surface area (Å²) in [5.74, 6) is 0.0491. The predicted molar refractivity (Wildman–Crippen MR) is 109 cm³/mol. The monoisotopic (exact) mass is 382 g/mol. The fraction of sp³-hybridized carbons (Fsp3) is 0.478. The lowest BCUT2D eigenvalue weighted by Crippen LogP contribution is -2.45. The van der Waals surface area contributed by atoms with Gasteiger partial charge < -0.3 is 14.6 Å². The Morgan fingerprint density at radius 2 is 1.86 bits per heavy atom. The first-order valence-electron chi connectivity index (χ1n) is 10.0. The van der Waals surface area contributed by atoms with E-state index in [1.165, 1.54) is 18.1 Å². The van der Waals surface area contributed by atoms with Crippen LogP contribution in [0.1, 0.15) is 56.0 Å². The smallest absolute Gasteiger partial charge is 0.257 e. The van der Waals surface area contributed by atoms with Crippen LogP contribution in [0.4, 0.5) is 0 Å². The highest BCUT2D eigenvalue weighted by Crippen LogP contribution is 2.28. The van der Waals surface area contributed by atoms with Gasteiger partial charge in [0.1, 0.15) is 6.26 Å². The van der Waals surface area contributed by atoms with Crippen LogP contribution in [0.15, 0.2) is 53.3 Å². The third-order valence-corrected chi connectivity index (χ3v) is 5.68. The van der Waals surface area contributed by atoms with Crippen LogP contribution < -0.4 is 5.32 Å². The number of hydrogen-bond acceptors (Lipinski definition) is 3. The molecule has 0 radical (unpaired) electrons. The van der Waals surface area contributed by atoms with Crippen molar-refractivity contribution in [2.45, 2.75) is 51.5 Å². The quantitative estimate of drug-likeness (QED) is 0.821. The van der Waals surface area contributed by atoms with E-state index in [1.54, 1.807) is 11.0 Å². The SMILES string of the molecule is CC(CC(C)(C)c1ccccc1)NC(=O)C1CCN(C(=O)c2ccoc2)CC1. The maximum absolute atomic E-state index is 12.7. The van der Waals surface area contributed by atoms with E-state index in [0.29, 0.717) is 31.5 Å². The second-order valence-corrected chi connectivity index (χ2v) is 8.44. The number of rotatable bonds is 6. The standard InChI is InChI=1S/C23H30N2O3/c1-17(15-23(2,3)20-7-5-4-6-8-20)24-21(26)18-9-12-25(13-10-18)22(27)19-11-14-28-16-19/h4-8,11,14,16-18H,9-10,12-13,15H2,1-3H3,(H,24,26). The van der Waals surface area contributed by atoms with Gasteiger partial charge in [-0.1, -0.05) is 44.2 Å². The zero-order valence-electron chi connectivity index (χ0n) is 17.0. The molecule has 1 N–H and O–H groups in total. The predicted octanol–water partition coefficient (Wildman–Crippen LogP) is 4.00. The van der Waals surface area contributed by atoms with E-state index >= 15 is 0 Å². The van der Waals surface area contributed by atoms with E-state index in [0.717, 1.165) is 6.42 Å². The average Bonchev–Trinajstić information content (AvgIpc) is 3.22. The van der Waals surface area contributed by atoms with Gasteiger partial charge in [0.05, 0.1) is 11.8 Å². The van der Waals surface area contributed by atoms with E-state index in [2.05, 4.69) is 50.4 Å². The van der Waals surface area contributed by atoms with Crippen molar-refractivity contribution in [3.8, 4) is 0 Å². The lowest BCUT2D eigenvalue weighted by atomic mass is 9.79. The third-order valence-electron chi connectivity index (χ3n) is 5.68. The van der Waals surface area contributed by atoms with E-state index < -0.39 is 0 Å². The normalized spacial score (nSPS) is 16.6. The number of hydrogen-bond donors (Lipinski definition) is 1. The minimum atomic E-state index is -0.0318. The van der Waals surface area contributed by atoms with Crippen molar-refractivity contribution < 1.29 is 14.0 Å². The molecule has 2 aromatic rings. The van der Waals surface area contributed by atoms with Crippen molar-refractivity contribution in [1.82, 2.24) is 10.2 Å². The highest BCUT2D eigenvalue weighted by Gasteiger charge is 2.30. The highest BCUT2D eigenvalue weighted by molar-refractivity contribution is 5.94. The summed E-state index contributed by atoms with van der Waals surface area (Å²) in [7, 11) is 0. The summed E-state index contributed by atoms with van der Waals surface area (Å²) in [5.41, 5.74) is 1.84. The molecule has 1 fully saturated rings. The van der Waals surface area contributed by atoms with Gasteiger partial charge in [0, 0.05) is 25.0 Å². The minimum absolute atomic E-state index is 0.00562. The van der Waals surface area contributed by atoms with Crippen molar-refractivity contribution in [1.29, 1.82) is 0 Å². The van der Waals surface area contributed by atoms with E-state index in [1.807, 2.05) is 6.07 Å². The van der Waals surface area contributed by atoms with Gasteiger partial charge in [-0.2, -0.15) is 0 Å². The molecule has 0 spiro atoms. The molecule has 0 bridgehead atoms. The van der Waals surface area contributed by atoms with Gasteiger partial charge in [-0.3, -0.25) is 9.59 Å². The number of furan rings is 1. The van der Waals surface area contributed by atoms with Gasteiger partial charge in [-0.15, -0.1) is 0 Å². The van der Waals surface area contributed by atoms with E-state index in [9.17, 15) is 9.59 Å². The lowest BCUT2D eigenvalue weighted by molar-refractivity contribution is -0.127. The number of nitrogens with one attached hydrogen (secondary N) is 1. The maximum atomic E-state index is 12.7. The summed E-state index contributed by atoms with van der Waals surface area (Å²) in [6, 6.07) is 12.2. The summed E-state index contributed by atoms with van der Waals surface area (Å²) >= 11 is 0. The Kier molecular flexibility index (Phi) is 6.22. The van der Waals surface area contributed by atoms with Crippen LogP contribution in [-0.4, -0.2) is 35.8 Å². The largest absolute Gasteiger partial charge is 0.472 e. The third kappa shape index (κ3) is 4.83. The van der Waals surface area contributed by atoms with Crippen molar-refractivity contribution in [2.75, 3.05) is 13.1 Å².